The third-order valence-corrected chi connectivity index (χ3v) is 5.01. The van der Waals surface area contributed by atoms with E-state index in [1.54, 1.807) is 33.4 Å². The minimum atomic E-state index is -0.941. The molecule has 0 heterocycles. The van der Waals surface area contributed by atoms with E-state index in [2.05, 4.69) is 0 Å². The summed E-state index contributed by atoms with van der Waals surface area (Å²) < 4.78 is 21.1. The fourth-order valence-corrected chi connectivity index (χ4v) is 3.08. The Morgan fingerprint density at radius 1 is 1.00 bits per heavy atom. The summed E-state index contributed by atoms with van der Waals surface area (Å²) in [5, 5.41) is 0.729. The van der Waals surface area contributed by atoms with Crippen LogP contribution >= 0.6 is 23.2 Å². The van der Waals surface area contributed by atoms with Crippen molar-refractivity contribution < 1.29 is 28.5 Å². The normalized spacial score (nSPS) is 11.4. The highest BCUT2D eigenvalue weighted by atomic mass is 35.5. The van der Waals surface area contributed by atoms with Crippen molar-refractivity contribution in [3.63, 3.8) is 0 Å². The van der Waals surface area contributed by atoms with E-state index >= 15 is 0 Å². The van der Waals surface area contributed by atoms with Crippen LogP contribution in [0, 0.1) is 0 Å². The molecule has 0 saturated carbocycles. The SMILES string of the molecule is COc1ccc(CCN(C)C(=O)COC(=O)[C@H](C)Oc2ccc(Cl)cc2Cl)cc1OC. The zero-order valence-corrected chi connectivity index (χ0v) is 19.3. The molecule has 0 spiro atoms. The van der Waals surface area contributed by atoms with Crippen molar-refractivity contribution in [2.75, 3.05) is 34.4 Å². The Labute approximate surface area is 191 Å². The van der Waals surface area contributed by atoms with Crippen LogP contribution < -0.4 is 14.2 Å². The lowest BCUT2D eigenvalue weighted by Crippen LogP contribution is -2.35. The van der Waals surface area contributed by atoms with Gasteiger partial charge in [-0.3, -0.25) is 4.79 Å². The highest BCUT2D eigenvalue weighted by Gasteiger charge is 2.20. The van der Waals surface area contributed by atoms with E-state index in [0.717, 1.165) is 5.56 Å². The number of hydrogen-bond acceptors (Lipinski definition) is 6. The lowest BCUT2D eigenvalue weighted by atomic mass is 10.1. The van der Waals surface area contributed by atoms with Crippen molar-refractivity contribution in [3.8, 4) is 17.2 Å². The second-order valence-electron chi connectivity index (χ2n) is 6.70. The Morgan fingerprint density at radius 2 is 1.68 bits per heavy atom. The number of ether oxygens (including phenoxy) is 4. The van der Waals surface area contributed by atoms with Crippen LogP contribution in [0.3, 0.4) is 0 Å². The maximum Gasteiger partial charge on any atom is 0.347 e. The van der Waals surface area contributed by atoms with Gasteiger partial charge in [0.1, 0.15) is 5.75 Å². The van der Waals surface area contributed by atoms with Crippen LogP contribution in [-0.4, -0.2) is 57.3 Å². The van der Waals surface area contributed by atoms with Crippen molar-refractivity contribution in [1.29, 1.82) is 0 Å². The number of halogens is 2. The summed E-state index contributed by atoms with van der Waals surface area (Å²) in [5.74, 6) is 0.559. The number of nitrogens with zero attached hydrogens (tertiary/aromatic N) is 1. The van der Waals surface area contributed by atoms with Gasteiger partial charge in [-0.25, -0.2) is 4.79 Å². The third-order valence-electron chi connectivity index (χ3n) is 4.48. The van der Waals surface area contributed by atoms with E-state index in [4.69, 9.17) is 42.1 Å². The first kappa shape index (κ1) is 24.6. The van der Waals surface area contributed by atoms with Gasteiger partial charge in [0.15, 0.2) is 24.2 Å². The molecule has 1 amide bonds. The molecule has 0 saturated heterocycles. The van der Waals surface area contributed by atoms with E-state index in [-0.39, 0.29) is 17.5 Å². The van der Waals surface area contributed by atoms with E-state index in [1.807, 2.05) is 18.2 Å². The zero-order chi connectivity index (χ0) is 23.0. The number of carbonyl (C=O) groups is 2. The number of rotatable bonds is 10. The van der Waals surface area contributed by atoms with Gasteiger partial charge in [-0.2, -0.15) is 0 Å². The van der Waals surface area contributed by atoms with Gasteiger partial charge in [-0.15, -0.1) is 0 Å². The molecule has 0 aliphatic heterocycles. The fraction of sp³-hybridized carbons (Fsp3) is 0.364. The van der Waals surface area contributed by atoms with Gasteiger partial charge in [0, 0.05) is 18.6 Å². The smallest absolute Gasteiger partial charge is 0.347 e. The Hall–Kier alpha value is -2.64. The molecule has 0 radical (unpaired) electrons. The molecule has 0 fully saturated rings. The highest BCUT2D eigenvalue weighted by Crippen LogP contribution is 2.29. The number of benzene rings is 2. The summed E-state index contributed by atoms with van der Waals surface area (Å²) in [7, 11) is 4.78. The van der Waals surface area contributed by atoms with Crippen LogP contribution in [0.5, 0.6) is 17.2 Å². The molecule has 2 aromatic carbocycles. The predicted molar refractivity (Wildman–Crippen MR) is 118 cm³/mol. The summed E-state index contributed by atoms with van der Waals surface area (Å²) in [6.07, 6.45) is -0.339. The molecule has 2 rings (SSSR count). The monoisotopic (exact) mass is 469 g/mol. The first-order valence-corrected chi connectivity index (χ1v) is 10.2. The number of esters is 1. The summed E-state index contributed by atoms with van der Waals surface area (Å²) >= 11 is 11.9. The second-order valence-corrected chi connectivity index (χ2v) is 7.54. The molecule has 9 heteroatoms. The quantitative estimate of drug-likeness (QED) is 0.489. The first-order valence-electron chi connectivity index (χ1n) is 9.48. The van der Waals surface area contributed by atoms with E-state index < -0.39 is 12.1 Å². The molecule has 0 aromatic heterocycles. The Kier molecular flexibility index (Phi) is 9.27. The summed E-state index contributed by atoms with van der Waals surface area (Å²) in [6.45, 7) is 1.57. The van der Waals surface area contributed by atoms with Crippen LogP contribution in [0.1, 0.15) is 12.5 Å². The van der Waals surface area contributed by atoms with Gasteiger partial charge in [0.05, 0.1) is 19.2 Å². The van der Waals surface area contributed by atoms with Gasteiger partial charge in [0.25, 0.3) is 5.91 Å². The van der Waals surface area contributed by atoms with Crippen LogP contribution in [0.2, 0.25) is 10.0 Å². The van der Waals surface area contributed by atoms with Gasteiger partial charge < -0.3 is 23.8 Å². The molecule has 0 aliphatic carbocycles. The van der Waals surface area contributed by atoms with Gasteiger partial charge in [-0.05, 0) is 49.2 Å². The van der Waals surface area contributed by atoms with Crippen LogP contribution in [-0.2, 0) is 20.7 Å². The van der Waals surface area contributed by atoms with Crippen molar-refractivity contribution in [3.05, 3.63) is 52.0 Å². The van der Waals surface area contributed by atoms with Crippen molar-refractivity contribution in [2.24, 2.45) is 0 Å². The lowest BCUT2D eigenvalue weighted by molar-refractivity contribution is -0.157. The molecule has 1 atom stereocenters. The first-order chi connectivity index (χ1) is 14.7. The Bertz CT molecular complexity index is 921. The van der Waals surface area contributed by atoms with Crippen molar-refractivity contribution in [1.82, 2.24) is 4.90 Å². The number of amides is 1. The minimum Gasteiger partial charge on any atom is -0.493 e. The summed E-state index contributed by atoms with van der Waals surface area (Å²) in [6, 6.07) is 10.2. The standard InChI is InChI=1S/C22H25Cl2NO6/c1-14(31-18-8-6-16(23)12-17(18)24)22(27)30-13-21(26)25(2)10-9-15-5-7-19(28-3)20(11-15)29-4/h5-8,11-12,14H,9-10,13H2,1-4H3/t14-/m0/s1. The maximum absolute atomic E-state index is 12.3. The molecule has 2 aromatic rings. The summed E-state index contributed by atoms with van der Waals surface area (Å²) in [5.41, 5.74) is 0.983. The van der Waals surface area contributed by atoms with Crippen LogP contribution in [0.25, 0.3) is 0 Å². The predicted octanol–water partition coefficient (Wildman–Crippen LogP) is 4.02. The van der Waals surface area contributed by atoms with Crippen molar-refractivity contribution in [2.45, 2.75) is 19.4 Å². The number of likely N-dealkylation sites (N-methyl/N-ethyl adjacent to an activating group) is 1. The van der Waals surface area contributed by atoms with Gasteiger partial charge in [-0.1, -0.05) is 29.3 Å². The number of carbonyl (C=O) groups excluding carboxylic acids is 2. The Morgan fingerprint density at radius 3 is 2.32 bits per heavy atom. The zero-order valence-electron chi connectivity index (χ0n) is 17.8. The topological polar surface area (TPSA) is 74.3 Å². The Balaban J connectivity index is 1.81. The third kappa shape index (κ3) is 7.22. The van der Waals surface area contributed by atoms with E-state index in [1.165, 1.54) is 17.9 Å². The van der Waals surface area contributed by atoms with Crippen molar-refractivity contribution >= 4 is 35.1 Å². The molecular weight excluding hydrogens is 445 g/mol. The molecule has 0 aliphatic rings. The largest absolute Gasteiger partial charge is 0.493 e. The molecule has 7 nitrogen and oxygen atoms in total. The maximum atomic E-state index is 12.3. The molecular formula is C22H25Cl2NO6. The molecule has 0 N–H and O–H groups in total. The summed E-state index contributed by atoms with van der Waals surface area (Å²) in [4.78, 5) is 25.9. The highest BCUT2D eigenvalue weighted by molar-refractivity contribution is 6.35. The average molecular weight is 470 g/mol. The lowest BCUT2D eigenvalue weighted by Gasteiger charge is -2.19. The van der Waals surface area contributed by atoms with E-state index in [0.29, 0.717) is 35.2 Å². The molecule has 0 unspecified atom stereocenters. The van der Waals surface area contributed by atoms with Crippen LogP contribution in [0.4, 0.5) is 0 Å². The minimum absolute atomic E-state index is 0.276. The van der Waals surface area contributed by atoms with Gasteiger partial charge in [0.2, 0.25) is 0 Å². The fourth-order valence-electron chi connectivity index (χ4n) is 2.63. The average Bonchev–Trinajstić information content (AvgIpc) is 2.76. The molecule has 168 valence electrons. The van der Waals surface area contributed by atoms with Crippen LogP contribution in [0.15, 0.2) is 36.4 Å². The van der Waals surface area contributed by atoms with Gasteiger partial charge >= 0.3 is 5.97 Å². The molecule has 31 heavy (non-hydrogen) atoms. The molecule has 0 bridgehead atoms. The second kappa shape index (κ2) is 11.7. The number of methoxy groups -OCH3 is 2. The van der Waals surface area contributed by atoms with E-state index in [9.17, 15) is 9.59 Å². The number of hydrogen-bond donors (Lipinski definition) is 0.